The van der Waals surface area contributed by atoms with Gasteiger partial charge in [0.15, 0.2) is 0 Å². The van der Waals surface area contributed by atoms with Crippen molar-refractivity contribution < 1.29 is 14.6 Å². The molecule has 0 aliphatic rings. The molecule has 8 nitrogen and oxygen atoms in total. The van der Waals surface area contributed by atoms with Crippen molar-refractivity contribution in [3.8, 4) is 5.75 Å². The van der Waals surface area contributed by atoms with Crippen LogP contribution in [0.3, 0.4) is 0 Å². The fourth-order valence-electron chi connectivity index (χ4n) is 1.95. The van der Waals surface area contributed by atoms with E-state index in [9.17, 15) is 19.5 Å². The summed E-state index contributed by atoms with van der Waals surface area (Å²) < 4.78 is 7.40. The first-order chi connectivity index (χ1) is 11.5. The largest absolute Gasteiger partial charge is 0.491 e. The second kappa shape index (κ2) is 8.11. The van der Waals surface area contributed by atoms with E-state index in [0.717, 1.165) is 9.13 Å². The summed E-state index contributed by atoms with van der Waals surface area (Å²) >= 11 is 0. The molecular formula is C16H19N3O5. The number of nitrogens with one attached hydrogen (secondary N) is 1. The molecule has 1 aromatic carbocycles. The summed E-state index contributed by atoms with van der Waals surface area (Å²) in [4.78, 5) is 34.9. The highest BCUT2D eigenvalue weighted by Crippen LogP contribution is 2.08. The number of aromatic nitrogens is 2. The molecule has 1 amide bonds. The highest BCUT2D eigenvalue weighted by molar-refractivity contribution is 5.75. The van der Waals surface area contributed by atoms with Crippen molar-refractivity contribution >= 4 is 5.91 Å². The van der Waals surface area contributed by atoms with Crippen LogP contribution in [-0.2, 0) is 18.4 Å². The van der Waals surface area contributed by atoms with Crippen molar-refractivity contribution in [2.24, 2.45) is 7.05 Å². The molecular weight excluding hydrogens is 314 g/mol. The summed E-state index contributed by atoms with van der Waals surface area (Å²) in [5, 5.41) is 12.3. The van der Waals surface area contributed by atoms with Crippen LogP contribution in [0.2, 0.25) is 0 Å². The summed E-state index contributed by atoms with van der Waals surface area (Å²) in [7, 11) is 1.34. The summed E-state index contributed by atoms with van der Waals surface area (Å²) in [5.41, 5.74) is -1.02. The number of hydrogen-bond donors (Lipinski definition) is 2. The molecule has 0 bridgehead atoms. The molecule has 2 N–H and O–H groups in total. The van der Waals surface area contributed by atoms with Gasteiger partial charge in [0.2, 0.25) is 5.91 Å². The minimum Gasteiger partial charge on any atom is -0.491 e. The average molecular weight is 333 g/mol. The Hall–Kier alpha value is -2.87. The van der Waals surface area contributed by atoms with Crippen molar-refractivity contribution in [3.63, 3.8) is 0 Å². The van der Waals surface area contributed by atoms with E-state index in [-0.39, 0.29) is 19.7 Å². The molecule has 0 unspecified atom stereocenters. The van der Waals surface area contributed by atoms with Crippen LogP contribution in [0.15, 0.2) is 52.2 Å². The Kier molecular flexibility index (Phi) is 5.91. The SMILES string of the molecule is Cn1c(=O)ccn(CC(=O)NC[C@H](O)COc2ccccc2)c1=O. The standard InChI is InChI=1S/C16H19N3O5/c1-18-15(22)7-8-19(16(18)23)10-14(21)17-9-12(20)11-24-13-5-3-2-4-6-13/h2-8,12,20H,9-11H2,1H3,(H,17,21)/t12-/m0/s1. The molecule has 0 aliphatic carbocycles. The first kappa shape index (κ1) is 17.5. The highest BCUT2D eigenvalue weighted by atomic mass is 16.5. The topological polar surface area (TPSA) is 103 Å². The van der Waals surface area contributed by atoms with Gasteiger partial charge < -0.3 is 15.2 Å². The predicted molar refractivity (Wildman–Crippen MR) is 86.9 cm³/mol. The van der Waals surface area contributed by atoms with Crippen LogP contribution in [0.4, 0.5) is 0 Å². The Morgan fingerprint density at radius 3 is 2.67 bits per heavy atom. The minimum atomic E-state index is -0.883. The lowest BCUT2D eigenvalue weighted by atomic mass is 10.3. The monoisotopic (exact) mass is 333 g/mol. The van der Waals surface area contributed by atoms with E-state index in [4.69, 9.17) is 4.74 Å². The number of aliphatic hydroxyl groups is 1. The Labute approximate surface area is 137 Å². The van der Waals surface area contributed by atoms with Gasteiger partial charge in [-0.2, -0.15) is 0 Å². The number of aliphatic hydroxyl groups excluding tert-OH is 1. The van der Waals surface area contributed by atoms with Crippen LogP contribution in [0, 0.1) is 0 Å². The van der Waals surface area contributed by atoms with Crippen LogP contribution >= 0.6 is 0 Å². The van der Waals surface area contributed by atoms with Gasteiger partial charge >= 0.3 is 5.69 Å². The Bertz CT molecular complexity index is 797. The van der Waals surface area contributed by atoms with Crippen molar-refractivity contribution in [1.29, 1.82) is 0 Å². The third-order valence-electron chi connectivity index (χ3n) is 3.29. The summed E-state index contributed by atoms with van der Waals surface area (Å²) in [6, 6.07) is 10.2. The van der Waals surface area contributed by atoms with E-state index in [0.29, 0.717) is 5.75 Å². The molecule has 0 radical (unpaired) electrons. The number of nitrogens with zero attached hydrogens (tertiary/aromatic N) is 2. The zero-order chi connectivity index (χ0) is 17.5. The number of benzene rings is 1. The van der Waals surface area contributed by atoms with Gasteiger partial charge in [-0.05, 0) is 12.1 Å². The average Bonchev–Trinajstić information content (AvgIpc) is 2.59. The summed E-state index contributed by atoms with van der Waals surface area (Å²) in [5.74, 6) is 0.175. The second-order valence-electron chi connectivity index (χ2n) is 5.21. The smallest absolute Gasteiger partial charge is 0.331 e. The molecule has 0 saturated heterocycles. The number of carbonyl (C=O) groups excluding carboxylic acids is 1. The first-order valence-electron chi connectivity index (χ1n) is 7.36. The molecule has 8 heteroatoms. The predicted octanol–water partition coefficient (Wildman–Crippen LogP) is -0.897. The zero-order valence-corrected chi connectivity index (χ0v) is 13.2. The van der Waals surface area contributed by atoms with Gasteiger partial charge in [0.1, 0.15) is 25.0 Å². The third kappa shape index (κ3) is 4.82. The van der Waals surface area contributed by atoms with E-state index in [2.05, 4.69) is 5.32 Å². The number of amides is 1. The molecule has 1 aromatic heterocycles. The Balaban J connectivity index is 1.80. The van der Waals surface area contributed by atoms with Gasteiger partial charge in [-0.1, -0.05) is 18.2 Å². The Morgan fingerprint density at radius 2 is 1.96 bits per heavy atom. The summed E-state index contributed by atoms with van der Waals surface area (Å²) in [6.45, 7) is -0.213. The maximum absolute atomic E-state index is 11.8. The van der Waals surface area contributed by atoms with Crippen molar-refractivity contribution in [1.82, 2.24) is 14.5 Å². The lowest BCUT2D eigenvalue weighted by Crippen LogP contribution is -2.42. The first-order valence-corrected chi connectivity index (χ1v) is 7.36. The van der Waals surface area contributed by atoms with Gasteiger partial charge in [0.25, 0.3) is 5.56 Å². The quantitative estimate of drug-likeness (QED) is 0.684. The van der Waals surface area contributed by atoms with Gasteiger partial charge in [-0.25, -0.2) is 4.79 Å². The molecule has 0 aliphatic heterocycles. The van der Waals surface area contributed by atoms with Crippen molar-refractivity contribution in [2.45, 2.75) is 12.6 Å². The third-order valence-corrected chi connectivity index (χ3v) is 3.29. The molecule has 128 valence electrons. The number of para-hydroxylation sites is 1. The molecule has 2 rings (SSSR count). The van der Waals surface area contributed by atoms with E-state index < -0.39 is 23.3 Å². The zero-order valence-electron chi connectivity index (χ0n) is 13.2. The molecule has 2 aromatic rings. The number of ether oxygens (including phenoxy) is 1. The number of carbonyl (C=O) groups is 1. The molecule has 1 atom stereocenters. The number of hydrogen-bond acceptors (Lipinski definition) is 5. The lowest BCUT2D eigenvalue weighted by Gasteiger charge is -2.13. The van der Waals surface area contributed by atoms with Crippen LogP contribution in [-0.4, -0.2) is 39.4 Å². The maximum Gasteiger partial charge on any atom is 0.331 e. The van der Waals surface area contributed by atoms with Crippen LogP contribution in [0.25, 0.3) is 0 Å². The van der Waals surface area contributed by atoms with Gasteiger partial charge in [0, 0.05) is 25.9 Å². The van der Waals surface area contributed by atoms with E-state index in [1.807, 2.05) is 18.2 Å². The molecule has 0 saturated carbocycles. The Morgan fingerprint density at radius 1 is 1.25 bits per heavy atom. The van der Waals surface area contributed by atoms with Crippen molar-refractivity contribution in [3.05, 3.63) is 63.4 Å². The lowest BCUT2D eigenvalue weighted by molar-refractivity contribution is -0.122. The van der Waals surface area contributed by atoms with Crippen LogP contribution in [0.1, 0.15) is 0 Å². The molecule has 1 heterocycles. The van der Waals surface area contributed by atoms with Crippen LogP contribution < -0.4 is 21.3 Å². The number of rotatable bonds is 7. The second-order valence-corrected chi connectivity index (χ2v) is 5.21. The van der Waals surface area contributed by atoms with E-state index in [1.54, 1.807) is 12.1 Å². The highest BCUT2D eigenvalue weighted by Gasteiger charge is 2.10. The van der Waals surface area contributed by atoms with Gasteiger partial charge in [0.05, 0.1) is 0 Å². The van der Waals surface area contributed by atoms with Crippen molar-refractivity contribution in [2.75, 3.05) is 13.2 Å². The van der Waals surface area contributed by atoms with Crippen LogP contribution in [0.5, 0.6) is 5.75 Å². The fraction of sp³-hybridized carbons (Fsp3) is 0.312. The normalized spacial score (nSPS) is 11.8. The molecule has 24 heavy (non-hydrogen) atoms. The molecule has 0 spiro atoms. The maximum atomic E-state index is 11.8. The van der Waals surface area contributed by atoms with E-state index >= 15 is 0 Å². The van der Waals surface area contributed by atoms with E-state index in [1.165, 1.54) is 19.3 Å². The summed E-state index contributed by atoms with van der Waals surface area (Å²) in [6.07, 6.45) is 0.380. The fourth-order valence-corrected chi connectivity index (χ4v) is 1.95. The van der Waals surface area contributed by atoms with Gasteiger partial charge in [-0.15, -0.1) is 0 Å². The molecule has 0 fully saturated rings. The minimum absolute atomic E-state index is 0.00776. The van der Waals surface area contributed by atoms with Gasteiger partial charge in [-0.3, -0.25) is 18.7 Å².